The number of amides is 1. The van der Waals surface area contributed by atoms with Gasteiger partial charge in [0, 0.05) is 21.1 Å². The van der Waals surface area contributed by atoms with Crippen LogP contribution < -0.4 is 0 Å². The molecule has 1 saturated heterocycles. The van der Waals surface area contributed by atoms with Crippen molar-refractivity contribution in [2.24, 2.45) is 0 Å². The molecule has 0 saturated carbocycles. The summed E-state index contributed by atoms with van der Waals surface area (Å²) >= 11 is 6.79. The molecule has 1 atom stereocenters. The number of carbonyl (C=O) groups is 1. The zero-order valence-corrected chi connectivity index (χ0v) is 12.6. The molecule has 1 aromatic rings. The number of ether oxygens (including phenoxy) is 1. The Morgan fingerprint density at radius 3 is 2.59 bits per heavy atom. The maximum absolute atomic E-state index is 12.3. The Morgan fingerprint density at radius 1 is 1.35 bits per heavy atom. The van der Waals surface area contributed by atoms with E-state index in [9.17, 15) is 4.79 Å². The number of morpholine rings is 1. The molecule has 1 unspecified atom stereocenters. The molecule has 1 aliphatic rings. The fourth-order valence-corrected chi connectivity index (χ4v) is 3.17. The lowest BCUT2D eigenvalue weighted by Crippen LogP contribution is -2.47. The van der Waals surface area contributed by atoms with Crippen LogP contribution in [-0.4, -0.2) is 36.6 Å². The average molecular weight is 363 g/mol. The molecule has 2 rings (SSSR count). The minimum absolute atomic E-state index is 0.0581. The maximum Gasteiger partial charge on any atom is 0.254 e. The molecular weight excluding hydrogens is 350 g/mol. The van der Waals surface area contributed by atoms with Gasteiger partial charge in [0.05, 0.1) is 19.3 Å². The lowest BCUT2D eigenvalue weighted by Gasteiger charge is -2.33. The third kappa shape index (κ3) is 3.09. The molecule has 1 aliphatic heterocycles. The molecule has 5 heteroatoms. The van der Waals surface area contributed by atoms with Gasteiger partial charge in [0.15, 0.2) is 0 Å². The van der Waals surface area contributed by atoms with E-state index in [4.69, 9.17) is 4.74 Å². The topological polar surface area (TPSA) is 29.5 Å². The molecule has 0 aliphatic carbocycles. The summed E-state index contributed by atoms with van der Waals surface area (Å²) in [5.41, 5.74) is 0.694. The minimum Gasteiger partial charge on any atom is -0.377 e. The summed E-state index contributed by atoms with van der Waals surface area (Å²) < 4.78 is 7.13. The van der Waals surface area contributed by atoms with E-state index in [1.54, 1.807) is 0 Å². The molecule has 1 fully saturated rings. The SMILES string of the molecule is CC1COCCN1C(=O)c1cc(Br)cc(Br)c1. The second-order valence-corrected chi connectivity index (χ2v) is 5.91. The van der Waals surface area contributed by atoms with Crippen LogP contribution in [0, 0.1) is 0 Å². The number of rotatable bonds is 1. The van der Waals surface area contributed by atoms with E-state index in [0.29, 0.717) is 25.3 Å². The van der Waals surface area contributed by atoms with Crippen molar-refractivity contribution in [1.82, 2.24) is 4.90 Å². The molecule has 1 heterocycles. The van der Waals surface area contributed by atoms with Gasteiger partial charge in [0.25, 0.3) is 5.91 Å². The van der Waals surface area contributed by atoms with Gasteiger partial charge >= 0.3 is 0 Å². The summed E-state index contributed by atoms with van der Waals surface area (Å²) in [6.07, 6.45) is 0. The van der Waals surface area contributed by atoms with Gasteiger partial charge < -0.3 is 9.64 Å². The maximum atomic E-state index is 12.3. The van der Waals surface area contributed by atoms with E-state index in [-0.39, 0.29) is 11.9 Å². The average Bonchev–Trinajstić information content (AvgIpc) is 2.27. The van der Waals surface area contributed by atoms with Crippen LogP contribution in [0.25, 0.3) is 0 Å². The molecule has 0 N–H and O–H groups in total. The van der Waals surface area contributed by atoms with Gasteiger partial charge in [-0.2, -0.15) is 0 Å². The van der Waals surface area contributed by atoms with Gasteiger partial charge in [0.2, 0.25) is 0 Å². The normalized spacial score (nSPS) is 20.4. The molecule has 1 amide bonds. The van der Waals surface area contributed by atoms with Gasteiger partial charge in [0.1, 0.15) is 0 Å². The van der Waals surface area contributed by atoms with E-state index in [0.717, 1.165) is 8.95 Å². The second kappa shape index (κ2) is 5.50. The fourth-order valence-electron chi connectivity index (χ4n) is 1.87. The first kappa shape index (κ1) is 13.1. The second-order valence-electron chi connectivity index (χ2n) is 4.08. The first-order chi connectivity index (χ1) is 8.08. The Hall–Kier alpha value is -0.390. The largest absolute Gasteiger partial charge is 0.377 e. The smallest absolute Gasteiger partial charge is 0.254 e. The minimum atomic E-state index is 0.0581. The van der Waals surface area contributed by atoms with Crippen LogP contribution in [0.15, 0.2) is 27.1 Å². The van der Waals surface area contributed by atoms with Crippen molar-refractivity contribution in [3.05, 3.63) is 32.7 Å². The standard InChI is InChI=1S/C12H13Br2NO2/c1-8-7-17-3-2-15(8)12(16)9-4-10(13)6-11(14)5-9/h4-6,8H,2-3,7H2,1H3. The van der Waals surface area contributed by atoms with Gasteiger partial charge in [-0.3, -0.25) is 4.79 Å². The first-order valence-electron chi connectivity index (χ1n) is 5.43. The number of nitrogens with zero attached hydrogens (tertiary/aromatic N) is 1. The van der Waals surface area contributed by atoms with Gasteiger partial charge in [-0.05, 0) is 25.1 Å². The predicted molar refractivity (Wildman–Crippen MR) is 73.2 cm³/mol. The number of hydrogen-bond donors (Lipinski definition) is 0. The van der Waals surface area contributed by atoms with E-state index in [1.165, 1.54) is 0 Å². The molecule has 1 aromatic carbocycles. The van der Waals surface area contributed by atoms with Gasteiger partial charge in [-0.25, -0.2) is 0 Å². The first-order valence-corrected chi connectivity index (χ1v) is 7.01. The van der Waals surface area contributed by atoms with Gasteiger partial charge in [-0.1, -0.05) is 31.9 Å². The quantitative estimate of drug-likeness (QED) is 0.768. The summed E-state index contributed by atoms with van der Waals surface area (Å²) in [7, 11) is 0. The summed E-state index contributed by atoms with van der Waals surface area (Å²) in [5, 5.41) is 0. The van der Waals surface area contributed by atoms with Crippen LogP contribution in [-0.2, 0) is 4.74 Å². The molecule has 0 radical (unpaired) electrons. The Balaban J connectivity index is 2.23. The summed E-state index contributed by atoms with van der Waals surface area (Å²) in [6, 6.07) is 5.73. The number of hydrogen-bond acceptors (Lipinski definition) is 2. The highest BCUT2D eigenvalue weighted by Crippen LogP contribution is 2.22. The Bertz CT molecular complexity index is 416. The Labute approximate surface area is 117 Å². The number of benzene rings is 1. The molecule has 0 spiro atoms. The van der Waals surface area contributed by atoms with Crippen molar-refractivity contribution in [1.29, 1.82) is 0 Å². The van der Waals surface area contributed by atoms with Crippen molar-refractivity contribution >= 4 is 37.8 Å². The van der Waals surface area contributed by atoms with Crippen LogP contribution in [0.5, 0.6) is 0 Å². The van der Waals surface area contributed by atoms with E-state index >= 15 is 0 Å². The Kier molecular flexibility index (Phi) is 4.22. The Morgan fingerprint density at radius 2 is 2.00 bits per heavy atom. The predicted octanol–water partition coefficient (Wildman–Crippen LogP) is 3.07. The lowest BCUT2D eigenvalue weighted by atomic mass is 10.1. The summed E-state index contributed by atoms with van der Waals surface area (Å²) in [4.78, 5) is 14.2. The van der Waals surface area contributed by atoms with Crippen molar-refractivity contribution < 1.29 is 9.53 Å². The van der Waals surface area contributed by atoms with Crippen LogP contribution in [0.4, 0.5) is 0 Å². The third-order valence-corrected chi connectivity index (χ3v) is 3.65. The van der Waals surface area contributed by atoms with Crippen LogP contribution in [0.3, 0.4) is 0 Å². The van der Waals surface area contributed by atoms with Crippen LogP contribution in [0.1, 0.15) is 17.3 Å². The number of halogens is 2. The zero-order valence-electron chi connectivity index (χ0n) is 9.45. The van der Waals surface area contributed by atoms with Crippen molar-refractivity contribution in [2.45, 2.75) is 13.0 Å². The summed E-state index contributed by atoms with van der Waals surface area (Å²) in [5.74, 6) is 0.0581. The summed E-state index contributed by atoms with van der Waals surface area (Å²) in [6.45, 7) is 3.89. The van der Waals surface area contributed by atoms with E-state index < -0.39 is 0 Å². The molecular formula is C12H13Br2NO2. The molecule has 92 valence electrons. The monoisotopic (exact) mass is 361 g/mol. The molecule has 0 bridgehead atoms. The van der Waals surface area contributed by atoms with Crippen LogP contribution >= 0.6 is 31.9 Å². The molecule has 3 nitrogen and oxygen atoms in total. The van der Waals surface area contributed by atoms with E-state index in [2.05, 4.69) is 31.9 Å². The van der Waals surface area contributed by atoms with Crippen LogP contribution in [0.2, 0.25) is 0 Å². The van der Waals surface area contributed by atoms with Crippen molar-refractivity contribution in [3.63, 3.8) is 0 Å². The molecule has 0 aromatic heterocycles. The van der Waals surface area contributed by atoms with Crippen molar-refractivity contribution in [3.8, 4) is 0 Å². The number of carbonyl (C=O) groups excluding carboxylic acids is 1. The van der Waals surface area contributed by atoms with E-state index in [1.807, 2.05) is 30.0 Å². The lowest BCUT2D eigenvalue weighted by molar-refractivity contribution is 0.00359. The highest BCUT2D eigenvalue weighted by Gasteiger charge is 2.24. The fraction of sp³-hybridized carbons (Fsp3) is 0.417. The highest BCUT2D eigenvalue weighted by atomic mass is 79.9. The molecule has 17 heavy (non-hydrogen) atoms. The zero-order chi connectivity index (χ0) is 12.4. The van der Waals surface area contributed by atoms with Crippen molar-refractivity contribution in [2.75, 3.05) is 19.8 Å². The van der Waals surface area contributed by atoms with Gasteiger partial charge in [-0.15, -0.1) is 0 Å². The highest BCUT2D eigenvalue weighted by molar-refractivity contribution is 9.11. The third-order valence-electron chi connectivity index (χ3n) is 2.74.